The standard InChI is InChI=1S/C18H22FN3O/c1-3-4-11-22(2)18(23)14-9-10-20-17(12-14)21-13-15-7-5-6-8-16(15)19/h5-10,12H,3-4,11,13H2,1-2H3,(H,20,21). The number of anilines is 1. The molecular weight excluding hydrogens is 293 g/mol. The van der Waals surface area contributed by atoms with E-state index in [2.05, 4.69) is 17.2 Å². The second kappa shape index (κ2) is 8.27. The number of nitrogens with one attached hydrogen (secondary N) is 1. The van der Waals surface area contributed by atoms with Gasteiger partial charge in [0, 0.05) is 37.5 Å². The second-order valence-corrected chi connectivity index (χ2v) is 5.45. The van der Waals surface area contributed by atoms with Crippen molar-refractivity contribution in [3.8, 4) is 0 Å². The summed E-state index contributed by atoms with van der Waals surface area (Å²) in [6.45, 7) is 3.15. The third-order valence-corrected chi connectivity index (χ3v) is 3.62. The molecule has 2 rings (SSSR count). The minimum absolute atomic E-state index is 0.0326. The van der Waals surface area contributed by atoms with Crippen LogP contribution >= 0.6 is 0 Å². The van der Waals surface area contributed by atoms with Crippen LogP contribution in [0.15, 0.2) is 42.6 Å². The predicted molar refractivity (Wildman–Crippen MR) is 89.8 cm³/mol. The molecule has 1 aromatic carbocycles. The zero-order valence-electron chi connectivity index (χ0n) is 13.6. The molecule has 1 N–H and O–H groups in total. The van der Waals surface area contributed by atoms with Crippen LogP contribution in [-0.2, 0) is 6.54 Å². The van der Waals surface area contributed by atoms with E-state index in [1.165, 1.54) is 6.07 Å². The fraction of sp³-hybridized carbons (Fsp3) is 0.333. The maximum absolute atomic E-state index is 13.6. The summed E-state index contributed by atoms with van der Waals surface area (Å²) >= 11 is 0. The molecule has 0 spiro atoms. The zero-order valence-corrected chi connectivity index (χ0v) is 13.6. The summed E-state index contributed by atoms with van der Waals surface area (Å²) in [5, 5.41) is 3.06. The first kappa shape index (κ1) is 16.9. The van der Waals surface area contributed by atoms with E-state index >= 15 is 0 Å². The van der Waals surface area contributed by atoms with Crippen LogP contribution in [0.4, 0.5) is 10.2 Å². The topological polar surface area (TPSA) is 45.2 Å². The van der Waals surface area contributed by atoms with Crippen molar-refractivity contribution in [3.63, 3.8) is 0 Å². The van der Waals surface area contributed by atoms with Crippen molar-refractivity contribution in [2.45, 2.75) is 26.3 Å². The molecule has 2 aromatic rings. The number of unbranched alkanes of at least 4 members (excludes halogenated alkanes) is 1. The lowest BCUT2D eigenvalue weighted by atomic mass is 10.2. The molecule has 0 saturated heterocycles. The summed E-state index contributed by atoms with van der Waals surface area (Å²) in [6.07, 6.45) is 3.61. The highest BCUT2D eigenvalue weighted by atomic mass is 19.1. The van der Waals surface area contributed by atoms with Gasteiger partial charge in [0.25, 0.3) is 5.91 Å². The number of hydrogen-bond donors (Lipinski definition) is 1. The van der Waals surface area contributed by atoms with Gasteiger partial charge in [-0.3, -0.25) is 4.79 Å². The van der Waals surface area contributed by atoms with E-state index in [1.807, 2.05) is 0 Å². The predicted octanol–water partition coefficient (Wildman–Crippen LogP) is 3.70. The average Bonchev–Trinajstić information content (AvgIpc) is 2.58. The largest absolute Gasteiger partial charge is 0.366 e. The number of nitrogens with zero attached hydrogens (tertiary/aromatic N) is 2. The highest BCUT2D eigenvalue weighted by molar-refractivity contribution is 5.94. The third kappa shape index (κ3) is 4.77. The molecule has 0 fully saturated rings. The number of hydrogen-bond acceptors (Lipinski definition) is 3. The monoisotopic (exact) mass is 315 g/mol. The van der Waals surface area contributed by atoms with Crippen molar-refractivity contribution in [3.05, 3.63) is 59.5 Å². The van der Waals surface area contributed by atoms with Gasteiger partial charge in [0.1, 0.15) is 11.6 Å². The van der Waals surface area contributed by atoms with E-state index in [1.54, 1.807) is 48.5 Å². The van der Waals surface area contributed by atoms with Crippen LogP contribution in [0, 0.1) is 5.82 Å². The maximum Gasteiger partial charge on any atom is 0.253 e. The van der Waals surface area contributed by atoms with Gasteiger partial charge in [-0.2, -0.15) is 0 Å². The van der Waals surface area contributed by atoms with Gasteiger partial charge >= 0.3 is 0 Å². The van der Waals surface area contributed by atoms with E-state index in [4.69, 9.17) is 0 Å². The molecule has 0 aliphatic rings. The number of benzene rings is 1. The lowest BCUT2D eigenvalue weighted by Gasteiger charge is -2.17. The van der Waals surface area contributed by atoms with E-state index < -0.39 is 0 Å². The molecule has 0 bridgehead atoms. The number of aromatic nitrogens is 1. The highest BCUT2D eigenvalue weighted by Crippen LogP contribution is 2.12. The average molecular weight is 315 g/mol. The molecular formula is C18H22FN3O. The fourth-order valence-corrected chi connectivity index (χ4v) is 2.21. The second-order valence-electron chi connectivity index (χ2n) is 5.45. The van der Waals surface area contributed by atoms with Gasteiger partial charge in [-0.1, -0.05) is 31.5 Å². The summed E-state index contributed by atoms with van der Waals surface area (Å²) < 4.78 is 13.6. The van der Waals surface area contributed by atoms with Gasteiger partial charge in [0.2, 0.25) is 0 Å². The number of amides is 1. The van der Waals surface area contributed by atoms with Gasteiger partial charge < -0.3 is 10.2 Å². The molecule has 0 unspecified atom stereocenters. The molecule has 1 amide bonds. The SMILES string of the molecule is CCCCN(C)C(=O)c1ccnc(NCc2ccccc2F)c1. The summed E-state index contributed by atoms with van der Waals surface area (Å²) in [6, 6.07) is 9.98. The summed E-state index contributed by atoms with van der Waals surface area (Å²) in [5.41, 5.74) is 1.14. The van der Waals surface area contributed by atoms with Crippen LogP contribution in [0.5, 0.6) is 0 Å². The van der Waals surface area contributed by atoms with Crippen LogP contribution < -0.4 is 5.32 Å². The molecule has 0 radical (unpaired) electrons. The molecule has 1 aromatic heterocycles. The Balaban J connectivity index is 2.02. The van der Waals surface area contributed by atoms with Crippen molar-refractivity contribution in [2.24, 2.45) is 0 Å². The Morgan fingerprint density at radius 1 is 1.30 bits per heavy atom. The van der Waals surface area contributed by atoms with Crippen molar-refractivity contribution >= 4 is 11.7 Å². The first-order valence-electron chi connectivity index (χ1n) is 7.80. The van der Waals surface area contributed by atoms with E-state index in [0.717, 1.165) is 19.4 Å². The molecule has 0 aliphatic heterocycles. The van der Waals surface area contributed by atoms with E-state index in [9.17, 15) is 9.18 Å². The quantitative estimate of drug-likeness (QED) is 0.847. The molecule has 23 heavy (non-hydrogen) atoms. The Bertz CT molecular complexity index is 660. The van der Waals surface area contributed by atoms with Gasteiger partial charge in [-0.15, -0.1) is 0 Å². The number of rotatable bonds is 7. The van der Waals surface area contributed by atoms with E-state index in [0.29, 0.717) is 23.5 Å². The molecule has 5 heteroatoms. The normalized spacial score (nSPS) is 10.4. The molecule has 0 saturated carbocycles. The minimum atomic E-state index is -0.258. The van der Waals surface area contributed by atoms with Crippen LogP contribution in [0.3, 0.4) is 0 Å². The van der Waals surface area contributed by atoms with Gasteiger partial charge in [0.05, 0.1) is 0 Å². The lowest BCUT2D eigenvalue weighted by Crippen LogP contribution is -2.27. The Morgan fingerprint density at radius 3 is 2.83 bits per heavy atom. The summed E-state index contributed by atoms with van der Waals surface area (Å²) in [4.78, 5) is 18.2. The number of carbonyl (C=O) groups is 1. The number of carbonyl (C=O) groups excluding carboxylic acids is 1. The Kier molecular flexibility index (Phi) is 6.09. The van der Waals surface area contributed by atoms with Crippen molar-refractivity contribution in [2.75, 3.05) is 18.9 Å². The first-order valence-corrected chi connectivity index (χ1v) is 7.80. The highest BCUT2D eigenvalue weighted by Gasteiger charge is 2.12. The summed E-state index contributed by atoms with van der Waals surface area (Å²) in [7, 11) is 1.80. The van der Waals surface area contributed by atoms with Crippen molar-refractivity contribution < 1.29 is 9.18 Å². The van der Waals surface area contributed by atoms with Crippen LogP contribution in [0.2, 0.25) is 0 Å². The maximum atomic E-state index is 13.6. The van der Waals surface area contributed by atoms with E-state index in [-0.39, 0.29) is 11.7 Å². The molecule has 4 nitrogen and oxygen atoms in total. The van der Waals surface area contributed by atoms with Gasteiger partial charge in [-0.25, -0.2) is 9.37 Å². The smallest absolute Gasteiger partial charge is 0.253 e. The Morgan fingerprint density at radius 2 is 2.09 bits per heavy atom. The fourth-order valence-electron chi connectivity index (χ4n) is 2.21. The zero-order chi connectivity index (χ0) is 16.7. The Hall–Kier alpha value is -2.43. The lowest BCUT2D eigenvalue weighted by molar-refractivity contribution is 0.0793. The molecule has 0 aliphatic carbocycles. The van der Waals surface area contributed by atoms with Crippen molar-refractivity contribution in [1.82, 2.24) is 9.88 Å². The van der Waals surface area contributed by atoms with Crippen molar-refractivity contribution in [1.29, 1.82) is 0 Å². The van der Waals surface area contributed by atoms with Crippen LogP contribution in [0.1, 0.15) is 35.7 Å². The molecule has 122 valence electrons. The minimum Gasteiger partial charge on any atom is -0.366 e. The number of halogens is 1. The van der Waals surface area contributed by atoms with Gasteiger partial charge in [-0.05, 0) is 24.6 Å². The molecule has 1 heterocycles. The van der Waals surface area contributed by atoms with Gasteiger partial charge in [0.15, 0.2) is 0 Å². The first-order chi connectivity index (χ1) is 11.1. The summed E-state index contributed by atoms with van der Waals surface area (Å²) in [5.74, 6) is 0.268. The molecule has 0 atom stereocenters. The number of pyridine rings is 1. The third-order valence-electron chi connectivity index (χ3n) is 3.62. The van der Waals surface area contributed by atoms with Crippen LogP contribution in [-0.4, -0.2) is 29.4 Å². The Labute approximate surface area is 136 Å². The van der Waals surface area contributed by atoms with Crippen LogP contribution in [0.25, 0.3) is 0 Å².